The Bertz CT molecular complexity index is 1400. The van der Waals surface area contributed by atoms with Crippen molar-refractivity contribution in [2.24, 2.45) is 0 Å². The standard InChI is InChI=1S/C25H25N7.ClH/c26-25-24-21(12-23(32(24)29-16-28-25)19-7-4-10-27-13-19)18-8-9-20-15-31(30-22(20)11-18)14-17-5-2-1-3-6-17;/h1-3,5-6,8-9,11-12,15-16,19,27H,4,7,10,13-14H2,(H2,26,28,29);1H. The van der Waals surface area contributed by atoms with Gasteiger partial charge >= 0.3 is 0 Å². The third-order valence-corrected chi connectivity index (χ3v) is 6.38. The second-order valence-electron chi connectivity index (χ2n) is 8.52. The zero-order valence-corrected chi connectivity index (χ0v) is 19.0. The average Bonchev–Trinajstić information content (AvgIpc) is 3.41. The fourth-order valence-electron chi connectivity index (χ4n) is 4.79. The molecule has 0 aliphatic carbocycles. The van der Waals surface area contributed by atoms with Gasteiger partial charge in [0.2, 0.25) is 0 Å². The molecule has 3 aromatic heterocycles. The predicted molar refractivity (Wildman–Crippen MR) is 134 cm³/mol. The van der Waals surface area contributed by atoms with Gasteiger partial charge in [-0.05, 0) is 42.6 Å². The summed E-state index contributed by atoms with van der Waals surface area (Å²) in [4.78, 5) is 4.28. The van der Waals surface area contributed by atoms with Gasteiger partial charge in [-0.3, -0.25) is 4.68 Å². The molecule has 7 nitrogen and oxygen atoms in total. The number of nitrogens with zero attached hydrogens (tertiary/aromatic N) is 5. The maximum absolute atomic E-state index is 6.33. The van der Waals surface area contributed by atoms with E-state index >= 15 is 0 Å². The van der Waals surface area contributed by atoms with Gasteiger partial charge in [-0.25, -0.2) is 9.50 Å². The van der Waals surface area contributed by atoms with Gasteiger partial charge in [-0.2, -0.15) is 10.2 Å². The number of anilines is 1. The van der Waals surface area contributed by atoms with Gasteiger partial charge in [0.25, 0.3) is 0 Å². The van der Waals surface area contributed by atoms with E-state index in [9.17, 15) is 0 Å². The van der Waals surface area contributed by atoms with Crippen LogP contribution >= 0.6 is 12.4 Å². The normalized spacial score (nSPS) is 16.2. The smallest absolute Gasteiger partial charge is 0.151 e. The molecule has 33 heavy (non-hydrogen) atoms. The Balaban J connectivity index is 0.00000228. The topological polar surface area (TPSA) is 86.1 Å². The summed E-state index contributed by atoms with van der Waals surface area (Å²) < 4.78 is 3.98. The van der Waals surface area contributed by atoms with Crippen molar-refractivity contribution < 1.29 is 0 Å². The van der Waals surface area contributed by atoms with E-state index in [0.29, 0.717) is 11.7 Å². The van der Waals surface area contributed by atoms with E-state index in [4.69, 9.17) is 10.8 Å². The third-order valence-electron chi connectivity index (χ3n) is 6.38. The lowest BCUT2D eigenvalue weighted by atomic mass is 9.95. The number of nitrogen functional groups attached to an aromatic ring is 1. The summed E-state index contributed by atoms with van der Waals surface area (Å²) in [6.45, 7) is 2.78. The van der Waals surface area contributed by atoms with Crippen LogP contribution in [0.4, 0.5) is 5.82 Å². The first-order valence-corrected chi connectivity index (χ1v) is 11.1. The minimum atomic E-state index is 0. The van der Waals surface area contributed by atoms with Crippen LogP contribution in [-0.4, -0.2) is 37.5 Å². The lowest BCUT2D eigenvalue weighted by Crippen LogP contribution is -2.29. The largest absolute Gasteiger partial charge is 0.382 e. The van der Waals surface area contributed by atoms with E-state index in [1.165, 1.54) is 17.7 Å². The van der Waals surface area contributed by atoms with Crippen LogP contribution in [0.5, 0.6) is 0 Å². The monoisotopic (exact) mass is 459 g/mol. The molecule has 0 saturated carbocycles. The van der Waals surface area contributed by atoms with Gasteiger partial charge in [-0.1, -0.05) is 42.5 Å². The number of halogens is 1. The van der Waals surface area contributed by atoms with Gasteiger partial charge in [0.1, 0.15) is 11.8 Å². The molecule has 8 heteroatoms. The van der Waals surface area contributed by atoms with Crippen LogP contribution in [0.2, 0.25) is 0 Å². The van der Waals surface area contributed by atoms with E-state index in [2.05, 4.69) is 70.1 Å². The van der Waals surface area contributed by atoms with Crippen molar-refractivity contribution in [2.45, 2.75) is 25.3 Å². The molecule has 4 heterocycles. The predicted octanol–water partition coefficient (Wildman–Crippen LogP) is 4.27. The number of nitrogens with two attached hydrogens (primary N) is 1. The molecular weight excluding hydrogens is 434 g/mol. The van der Waals surface area contributed by atoms with Crippen LogP contribution < -0.4 is 11.1 Å². The number of benzene rings is 2. The Hall–Kier alpha value is -3.42. The molecule has 6 rings (SSSR count). The Labute approximate surface area is 198 Å². The highest BCUT2D eigenvalue weighted by molar-refractivity contribution is 5.92. The Morgan fingerprint density at radius 2 is 1.97 bits per heavy atom. The number of hydrogen-bond donors (Lipinski definition) is 2. The van der Waals surface area contributed by atoms with E-state index in [1.54, 1.807) is 6.33 Å². The van der Waals surface area contributed by atoms with Crippen molar-refractivity contribution in [3.63, 3.8) is 0 Å². The minimum Gasteiger partial charge on any atom is -0.382 e. The first-order valence-electron chi connectivity index (χ1n) is 11.1. The molecule has 1 unspecified atom stereocenters. The molecule has 1 saturated heterocycles. The second-order valence-corrected chi connectivity index (χ2v) is 8.52. The molecule has 0 amide bonds. The summed E-state index contributed by atoms with van der Waals surface area (Å²) in [5, 5.41) is 14.0. The number of nitrogens with one attached hydrogen (secondary N) is 1. The maximum atomic E-state index is 6.33. The van der Waals surface area contributed by atoms with Crippen LogP contribution in [0.15, 0.2) is 67.1 Å². The Kier molecular flexibility index (Phi) is 5.74. The molecule has 5 aromatic rings. The average molecular weight is 460 g/mol. The van der Waals surface area contributed by atoms with E-state index in [1.807, 2.05) is 15.3 Å². The van der Waals surface area contributed by atoms with Crippen LogP contribution in [0, 0.1) is 0 Å². The number of piperidine rings is 1. The van der Waals surface area contributed by atoms with Crippen molar-refractivity contribution >= 4 is 34.6 Å². The van der Waals surface area contributed by atoms with Gasteiger partial charge in [0.15, 0.2) is 5.82 Å². The van der Waals surface area contributed by atoms with Crippen molar-refractivity contribution in [3.8, 4) is 11.1 Å². The molecule has 168 valence electrons. The number of hydrogen-bond acceptors (Lipinski definition) is 5. The first-order chi connectivity index (χ1) is 15.8. The Morgan fingerprint density at radius 1 is 1.09 bits per heavy atom. The molecule has 2 aromatic carbocycles. The summed E-state index contributed by atoms with van der Waals surface area (Å²) in [7, 11) is 0. The molecule has 1 aliphatic heterocycles. The highest BCUT2D eigenvalue weighted by atomic mass is 35.5. The zero-order valence-electron chi connectivity index (χ0n) is 18.2. The summed E-state index contributed by atoms with van der Waals surface area (Å²) in [6, 6.07) is 19.0. The second kappa shape index (κ2) is 8.84. The number of aromatic nitrogens is 5. The van der Waals surface area contributed by atoms with Crippen molar-refractivity contribution in [2.75, 3.05) is 18.8 Å². The molecule has 1 aliphatic rings. The summed E-state index contributed by atoms with van der Waals surface area (Å²) in [5.74, 6) is 0.910. The molecule has 0 bridgehead atoms. The van der Waals surface area contributed by atoms with Crippen LogP contribution in [0.1, 0.15) is 30.0 Å². The van der Waals surface area contributed by atoms with E-state index in [0.717, 1.165) is 53.6 Å². The van der Waals surface area contributed by atoms with Gasteiger partial charge < -0.3 is 11.1 Å². The third kappa shape index (κ3) is 3.94. The van der Waals surface area contributed by atoms with Crippen LogP contribution in [-0.2, 0) is 6.54 Å². The SMILES string of the molecule is Cl.Nc1ncnn2c(C3CCCNC3)cc(-c3ccc4cn(Cc5ccccc5)nc4c3)c12. The summed E-state index contributed by atoms with van der Waals surface area (Å²) in [5.41, 5.74) is 12.7. The molecule has 3 N–H and O–H groups in total. The quantitative estimate of drug-likeness (QED) is 0.419. The van der Waals surface area contributed by atoms with Crippen molar-refractivity contribution in [1.29, 1.82) is 0 Å². The first kappa shape index (κ1) is 21.4. The number of rotatable bonds is 4. The van der Waals surface area contributed by atoms with Crippen molar-refractivity contribution in [1.82, 2.24) is 29.7 Å². The fourth-order valence-corrected chi connectivity index (χ4v) is 4.79. The molecule has 1 atom stereocenters. The fraction of sp³-hybridized carbons (Fsp3) is 0.240. The highest BCUT2D eigenvalue weighted by Crippen LogP contribution is 2.35. The van der Waals surface area contributed by atoms with E-state index in [-0.39, 0.29) is 12.4 Å². The molecule has 1 fully saturated rings. The Morgan fingerprint density at radius 3 is 2.79 bits per heavy atom. The van der Waals surface area contributed by atoms with Crippen LogP contribution in [0.25, 0.3) is 27.5 Å². The zero-order chi connectivity index (χ0) is 21.5. The summed E-state index contributed by atoms with van der Waals surface area (Å²) >= 11 is 0. The van der Waals surface area contributed by atoms with Gasteiger partial charge in [0.05, 0.1) is 12.1 Å². The van der Waals surface area contributed by atoms with Gasteiger partial charge in [-0.15, -0.1) is 12.4 Å². The number of fused-ring (bicyclic) bond motifs is 2. The summed E-state index contributed by atoms with van der Waals surface area (Å²) in [6.07, 6.45) is 5.95. The maximum Gasteiger partial charge on any atom is 0.151 e. The highest BCUT2D eigenvalue weighted by Gasteiger charge is 2.23. The van der Waals surface area contributed by atoms with Gasteiger partial charge in [0, 0.05) is 35.3 Å². The minimum absolute atomic E-state index is 0. The molecular formula is C25H26ClN7. The van der Waals surface area contributed by atoms with Crippen molar-refractivity contribution in [3.05, 3.63) is 78.4 Å². The lowest BCUT2D eigenvalue weighted by molar-refractivity contribution is 0.449. The lowest BCUT2D eigenvalue weighted by Gasteiger charge is -2.22. The van der Waals surface area contributed by atoms with E-state index < -0.39 is 0 Å². The molecule has 0 radical (unpaired) electrons. The van der Waals surface area contributed by atoms with Crippen LogP contribution in [0.3, 0.4) is 0 Å². The molecule has 0 spiro atoms.